The number of nitrogens with one attached hydrogen (secondary N) is 1. The zero-order chi connectivity index (χ0) is 17.3. The van der Waals surface area contributed by atoms with Gasteiger partial charge in [0.2, 0.25) is 5.69 Å². The van der Waals surface area contributed by atoms with Crippen molar-refractivity contribution in [1.82, 2.24) is 0 Å². The molecular weight excluding hydrogens is 344 g/mol. The molecule has 3 aromatic rings. The van der Waals surface area contributed by atoms with E-state index in [0.717, 1.165) is 27.7 Å². The third-order valence-corrected chi connectivity index (χ3v) is 3.95. The molecule has 3 rings (SSSR count). The monoisotopic (exact) mass is 360 g/mol. The normalized spacial score (nSPS) is 10.2. The number of fused-ring (bicyclic) bond motifs is 1. The molecule has 0 spiro atoms. The minimum atomic E-state index is -0.398. The number of nitrogens with zero attached hydrogens (tertiary/aromatic N) is 1. The van der Waals surface area contributed by atoms with Crippen LogP contribution in [0.2, 0.25) is 0 Å². The Morgan fingerprint density at radius 1 is 1.04 bits per heavy atom. The fraction of sp³-hybridized carbons (Fsp3) is 0.167. The van der Waals surface area contributed by atoms with E-state index in [0.29, 0.717) is 11.5 Å². The number of methoxy groups -OCH3 is 2. The number of hydrogen-bond donors (Lipinski definition) is 0. The number of aromatic nitrogens is 1. The lowest BCUT2D eigenvalue weighted by Gasteiger charge is -2.09. The highest BCUT2D eigenvalue weighted by molar-refractivity contribution is 5.89. The Morgan fingerprint density at radius 2 is 1.72 bits per heavy atom. The highest BCUT2D eigenvalue weighted by Gasteiger charge is 2.16. The minimum Gasteiger partial charge on any atom is -1.00 e. The van der Waals surface area contributed by atoms with Crippen molar-refractivity contribution in [2.24, 2.45) is 0 Å². The average Bonchev–Trinajstić information content (AvgIpc) is 2.60. The van der Waals surface area contributed by atoms with Crippen LogP contribution >= 0.6 is 0 Å². The topological polar surface area (TPSA) is 75.7 Å². The second-order valence-corrected chi connectivity index (χ2v) is 5.41. The van der Waals surface area contributed by atoms with Gasteiger partial charge >= 0.3 is 0 Å². The van der Waals surface area contributed by atoms with Crippen molar-refractivity contribution in [1.29, 1.82) is 0 Å². The van der Waals surface area contributed by atoms with Gasteiger partial charge in [-0.3, -0.25) is 10.1 Å². The molecule has 2 aromatic carbocycles. The van der Waals surface area contributed by atoms with Crippen LogP contribution in [0.25, 0.3) is 22.0 Å². The van der Waals surface area contributed by atoms with E-state index >= 15 is 0 Å². The maximum Gasteiger partial charge on any atom is 0.270 e. The number of pyridine rings is 1. The summed E-state index contributed by atoms with van der Waals surface area (Å²) in [5.41, 5.74) is 2.56. The van der Waals surface area contributed by atoms with E-state index in [9.17, 15) is 10.1 Å². The van der Waals surface area contributed by atoms with Gasteiger partial charge in [0.1, 0.15) is 0 Å². The van der Waals surface area contributed by atoms with Gasteiger partial charge < -0.3 is 21.9 Å². The minimum absolute atomic E-state index is 0. The fourth-order valence-corrected chi connectivity index (χ4v) is 2.74. The first-order valence-electron chi connectivity index (χ1n) is 7.37. The summed E-state index contributed by atoms with van der Waals surface area (Å²) in [6, 6.07) is 12.3. The summed E-state index contributed by atoms with van der Waals surface area (Å²) in [4.78, 5) is 13.9. The van der Waals surface area contributed by atoms with Crippen LogP contribution in [-0.4, -0.2) is 19.1 Å². The molecule has 0 saturated carbocycles. The van der Waals surface area contributed by atoms with E-state index in [-0.39, 0.29) is 18.1 Å². The number of halogens is 1. The Hall–Kier alpha value is -2.86. The lowest BCUT2D eigenvalue weighted by atomic mass is 10.0. The molecule has 7 heteroatoms. The first kappa shape index (κ1) is 18.5. The number of rotatable bonds is 4. The molecule has 0 aliphatic carbocycles. The maximum absolute atomic E-state index is 11.0. The van der Waals surface area contributed by atoms with Crippen LogP contribution in [0, 0.1) is 17.0 Å². The van der Waals surface area contributed by atoms with Crippen LogP contribution in [0.5, 0.6) is 11.5 Å². The van der Waals surface area contributed by atoms with Gasteiger partial charge in [-0.15, -0.1) is 0 Å². The van der Waals surface area contributed by atoms with Crippen molar-refractivity contribution in [3.63, 3.8) is 0 Å². The molecular formula is C18H17ClN2O4. The smallest absolute Gasteiger partial charge is 0.270 e. The Morgan fingerprint density at radius 3 is 2.36 bits per heavy atom. The van der Waals surface area contributed by atoms with Crippen molar-refractivity contribution in [3.05, 3.63) is 58.3 Å². The fourth-order valence-electron chi connectivity index (χ4n) is 2.74. The molecule has 0 aliphatic heterocycles. The van der Waals surface area contributed by atoms with Crippen molar-refractivity contribution < 1.29 is 31.8 Å². The number of nitro groups is 1. The maximum atomic E-state index is 11.0. The van der Waals surface area contributed by atoms with Gasteiger partial charge in [0.15, 0.2) is 17.2 Å². The quantitative estimate of drug-likeness (QED) is 0.503. The van der Waals surface area contributed by atoms with Crippen LogP contribution in [0.3, 0.4) is 0 Å². The molecule has 0 atom stereocenters. The zero-order valence-electron chi connectivity index (χ0n) is 14.0. The number of benzene rings is 2. The second kappa shape index (κ2) is 7.36. The van der Waals surface area contributed by atoms with E-state index in [4.69, 9.17) is 9.47 Å². The Bertz CT molecular complexity index is 944. The summed E-state index contributed by atoms with van der Waals surface area (Å²) in [5.74, 6) is 1.30. The average molecular weight is 361 g/mol. The number of nitro benzene ring substituents is 1. The van der Waals surface area contributed by atoms with Gasteiger partial charge in [0.05, 0.1) is 30.1 Å². The molecule has 0 saturated heterocycles. The number of hydrogen-bond acceptors (Lipinski definition) is 4. The van der Waals surface area contributed by atoms with Crippen LogP contribution in [-0.2, 0) is 0 Å². The first-order chi connectivity index (χ1) is 11.5. The third-order valence-electron chi connectivity index (χ3n) is 3.95. The summed E-state index contributed by atoms with van der Waals surface area (Å²) in [7, 11) is 3.19. The summed E-state index contributed by atoms with van der Waals surface area (Å²) in [5, 5.41) is 12.9. The molecule has 0 fully saturated rings. The van der Waals surface area contributed by atoms with Crippen molar-refractivity contribution in [2.45, 2.75) is 6.92 Å². The summed E-state index contributed by atoms with van der Waals surface area (Å²) >= 11 is 0. The first-order valence-corrected chi connectivity index (χ1v) is 7.37. The standard InChI is InChI=1S/C18H16N2O4.ClH/c1-11-15-10-18(24-3)17(23-2)9-13(15)8-16(19-11)12-5-4-6-14(7-12)20(21)22;/h4-10H,1-3H3;1H. The summed E-state index contributed by atoms with van der Waals surface area (Å²) in [6.45, 7) is 1.95. The number of aryl methyl sites for hydroxylation is 1. The Balaban J connectivity index is 0.00000225. The van der Waals surface area contributed by atoms with Gasteiger partial charge in [0, 0.05) is 25.1 Å². The molecule has 1 N–H and O–H groups in total. The molecule has 0 aliphatic rings. The predicted octanol–water partition coefficient (Wildman–Crippen LogP) is 0.559. The Labute approximate surface area is 151 Å². The molecule has 0 bridgehead atoms. The molecule has 1 heterocycles. The van der Waals surface area contributed by atoms with Gasteiger partial charge in [0.25, 0.3) is 5.69 Å². The molecule has 0 amide bonds. The van der Waals surface area contributed by atoms with Crippen LogP contribution in [0.15, 0.2) is 42.5 Å². The largest absolute Gasteiger partial charge is 1.00 e. The number of ether oxygens (including phenoxy) is 2. The molecule has 6 nitrogen and oxygen atoms in total. The lowest BCUT2D eigenvalue weighted by molar-refractivity contribution is -0.385. The van der Waals surface area contributed by atoms with Crippen LogP contribution in [0.1, 0.15) is 5.69 Å². The zero-order valence-corrected chi connectivity index (χ0v) is 14.8. The van der Waals surface area contributed by atoms with E-state index < -0.39 is 4.92 Å². The number of H-pyrrole nitrogens is 1. The molecule has 1 aromatic heterocycles. The van der Waals surface area contributed by atoms with E-state index in [1.807, 2.05) is 31.2 Å². The molecule has 0 unspecified atom stereocenters. The van der Waals surface area contributed by atoms with E-state index in [1.165, 1.54) is 6.07 Å². The van der Waals surface area contributed by atoms with Gasteiger partial charge in [-0.25, -0.2) is 4.98 Å². The highest BCUT2D eigenvalue weighted by Crippen LogP contribution is 2.34. The third kappa shape index (κ3) is 3.49. The molecule has 25 heavy (non-hydrogen) atoms. The van der Waals surface area contributed by atoms with Crippen molar-refractivity contribution in [3.8, 4) is 22.8 Å². The highest BCUT2D eigenvalue weighted by atomic mass is 35.5. The SMILES string of the molecule is COc1cc2cc(-c3cccc([N+](=O)[O-])c3)[nH+]c(C)c2cc1OC.[Cl-]. The number of aromatic amines is 1. The van der Waals surface area contributed by atoms with E-state index in [2.05, 4.69) is 4.98 Å². The lowest BCUT2D eigenvalue weighted by Crippen LogP contribution is -3.00. The van der Waals surface area contributed by atoms with Gasteiger partial charge in [-0.1, -0.05) is 6.07 Å². The van der Waals surface area contributed by atoms with Gasteiger partial charge in [-0.05, 0) is 23.6 Å². The molecule has 130 valence electrons. The molecule has 0 radical (unpaired) electrons. The number of non-ortho nitro benzene ring substituents is 1. The van der Waals surface area contributed by atoms with Gasteiger partial charge in [-0.2, -0.15) is 0 Å². The second-order valence-electron chi connectivity index (χ2n) is 5.41. The van der Waals surface area contributed by atoms with Crippen LogP contribution < -0.4 is 26.9 Å². The summed E-state index contributed by atoms with van der Waals surface area (Å²) in [6.07, 6.45) is 0. The summed E-state index contributed by atoms with van der Waals surface area (Å²) < 4.78 is 10.7. The van der Waals surface area contributed by atoms with Crippen molar-refractivity contribution >= 4 is 16.5 Å². The predicted molar refractivity (Wildman–Crippen MR) is 90.4 cm³/mol. The van der Waals surface area contributed by atoms with E-state index in [1.54, 1.807) is 26.4 Å². The Kier molecular flexibility index (Phi) is 5.44. The van der Waals surface area contributed by atoms with Crippen molar-refractivity contribution in [2.75, 3.05) is 14.2 Å². The van der Waals surface area contributed by atoms with Crippen LogP contribution in [0.4, 0.5) is 5.69 Å².